The zero-order valence-corrected chi connectivity index (χ0v) is 14.0. The average molecular weight is 282 g/mol. The van der Waals surface area contributed by atoms with Crippen LogP contribution in [0.25, 0.3) is 0 Å². The van der Waals surface area contributed by atoms with Crippen molar-refractivity contribution in [1.82, 2.24) is 10.2 Å². The average Bonchev–Trinajstić information content (AvgIpc) is 2.90. The summed E-state index contributed by atoms with van der Waals surface area (Å²) in [6.45, 7) is 7.97. The molecule has 2 nitrogen and oxygen atoms in total. The van der Waals surface area contributed by atoms with Crippen LogP contribution in [0.3, 0.4) is 0 Å². The molecule has 1 N–H and O–H groups in total. The number of likely N-dealkylation sites (N-methyl/N-ethyl adjacent to an activating group) is 1. The second-order valence-electron chi connectivity index (χ2n) is 5.76. The van der Waals surface area contributed by atoms with Crippen LogP contribution in [0.2, 0.25) is 0 Å². The van der Waals surface area contributed by atoms with Gasteiger partial charge in [0.15, 0.2) is 0 Å². The van der Waals surface area contributed by atoms with Crippen LogP contribution >= 0.6 is 11.3 Å². The highest BCUT2D eigenvalue weighted by molar-refractivity contribution is 7.10. The van der Waals surface area contributed by atoms with Gasteiger partial charge in [-0.15, -0.1) is 11.3 Å². The number of nitrogens with zero attached hydrogens (tertiary/aromatic N) is 1. The van der Waals surface area contributed by atoms with Crippen molar-refractivity contribution >= 4 is 11.3 Å². The third-order valence-electron chi connectivity index (χ3n) is 3.97. The normalized spacial score (nSPS) is 16.5. The Hall–Kier alpha value is -0.380. The second-order valence-corrected chi connectivity index (χ2v) is 6.74. The van der Waals surface area contributed by atoms with E-state index in [1.54, 1.807) is 0 Å². The maximum atomic E-state index is 3.77. The maximum Gasteiger partial charge on any atom is 0.0561 e. The first-order chi connectivity index (χ1) is 9.08. The van der Waals surface area contributed by atoms with E-state index in [4.69, 9.17) is 0 Å². The van der Waals surface area contributed by atoms with Gasteiger partial charge in [-0.25, -0.2) is 0 Å². The lowest BCUT2D eigenvalue weighted by molar-refractivity contribution is 0.272. The molecule has 19 heavy (non-hydrogen) atoms. The van der Waals surface area contributed by atoms with Crippen LogP contribution in [0.1, 0.15) is 51.0 Å². The Morgan fingerprint density at radius 1 is 1.26 bits per heavy atom. The highest BCUT2D eigenvalue weighted by Crippen LogP contribution is 2.23. The van der Waals surface area contributed by atoms with Gasteiger partial charge in [0.1, 0.15) is 0 Å². The summed E-state index contributed by atoms with van der Waals surface area (Å²) in [6.07, 6.45) is 3.78. The summed E-state index contributed by atoms with van der Waals surface area (Å²) in [4.78, 5) is 3.77. The zero-order chi connectivity index (χ0) is 14.3. The SMILES string of the molecule is CCC(C)CC(CC)NCC(c1cccs1)N(C)C. The van der Waals surface area contributed by atoms with Crippen molar-refractivity contribution in [2.45, 2.75) is 52.1 Å². The number of rotatable bonds is 9. The summed E-state index contributed by atoms with van der Waals surface area (Å²) < 4.78 is 0. The van der Waals surface area contributed by atoms with Crippen LogP contribution in [0.15, 0.2) is 17.5 Å². The van der Waals surface area contributed by atoms with Crippen molar-refractivity contribution in [3.05, 3.63) is 22.4 Å². The highest BCUT2D eigenvalue weighted by Gasteiger charge is 2.17. The fourth-order valence-corrected chi connectivity index (χ4v) is 3.27. The summed E-state index contributed by atoms with van der Waals surface area (Å²) in [7, 11) is 4.34. The first-order valence-electron chi connectivity index (χ1n) is 7.51. The third kappa shape index (κ3) is 5.64. The molecule has 110 valence electrons. The van der Waals surface area contributed by atoms with Crippen molar-refractivity contribution in [3.63, 3.8) is 0 Å². The summed E-state index contributed by atoms with van der Waals surface area (Å²) in [5.41, 5.74) is 0. The van der Waals surface area contributed by atoms with Gasteiger partial charge in [0.25, 0.3) is 0 Å². The topological polar surface area (TPSA) is 15.3 Å². The lowest BCUT2D eigenvalue weighted by Crippen LogP contribution is -2.37. The summed E-state index contributed by atoms with van der Waals surface area (Å²) in [5, 5.41) is 5.94. The first kappa shape index (κ1) is 16.7. The maximum absolute atomic E-state index is 3.77. The molecule has 3 heteroatoms. The molecule has 0 aliphatic rings. The lowest BCUT2D eigenvalue weighted by atomic mass is 9.97. The summed E-state index contributed by atoms with van der Waals surface area (Å²) >= 11 is 1.86. The zero-order valence-electron chi connectivity index (χ0n) is 13.1. The van der Waals surface area contributed by atoms with Crippen LogP contribution in [-0.2, 0) is 0 Å². The van der Waals surface area contributed by atoms with E-state index in [1.807, 2.05) is 11.3 Å². The molecule has 0 aromatic carbocycles. The molecule has 3 atom stereocenters. The minimum atomic E-state index is 0.492. The molecular formula is C16H30N2S. The van der Waals surface area contributed by atoms with Crippen molar-refractivity contribution in [3.8, 4) is 0 Å². The van der Waals surface area contributed by atoms with Gasteiger partial charge in [-0.2, -0.15) is 0 Å². The Kier molecular flexibility index (Phi) is 7.66. The molecule has 0 saturated heterocycles. The van der Waals surface area contributed by atoms with Crippen molar-refractivity contribution in [2.75, 3.05) is 20.6 Å². The molecule has 0 amide bonds. The molecule has 1 rings (SSSR count). The quantitative estimate of drug-likeness (QED) is 0.732. The fourth-order valence-electron chi connectivity index (χ4n) is 2.34. The van der Waals surface area contributed by atoms with Crippen LogP contribution < -0.4 is 5.32 Å². The fraction of sp³-hybridized carbons (Fsp3) is 0.750. The van der Waals surface area contributed by atoms with Crippen LogP contribution in [0.4, 0.5) is 0 Å². The minimum absolute atomic E-state index is 0.492. The van der Waals surface area contributed by atoms with E-state index in [2.05, 4.69) is 62.6 Å². The smallest absolute Gasteiger partial charge is 0.0561 e. The van der Waals surface area contributed by atoms with Crippen LogP contribution in [-0.4, -0.2) is 31.6 Å². The molecule has 1 aromatic heterocycles. The summed E-state index contributed by atoms with van der Waals surface area (Å²) in [6, 6.07) is 5.53. The van der Waals surface area contributed by atoms with Gasteiger partial charge in [0.05, 0.1) is 6.04 Å². The Balaban J connectivity index is 2.51. The van der Waals surface area contributed by atoms with E-state index in [0.717, 1.165) is 12.5 Å². The molecule has 0 fully saturated rings. The van der Waals surface area contributed by atoms with Crippen molar-refractivity contribution in [1.29, 1.82) is 0 Å². The van der Waals surface area contributed by atoms with Crippen molar-refractivity contribution in [2.24, 2.45) is 5.92 Å². The van der Waals surface area contributed by atoms with Gasteiger partial charge in [-0.1, -0.05) is 33.3 Å². The molecule has 1 aromatic rings. The molecule has 0 spiro atoms. The minimum Gasteiger partial charge on any atom is -0.312 e. The number of hydrogen-bond acceptors (Lipinski definition) is 3. The van der Waals surface area contributed by atoms with E-state index in [-0.39, 0.29) is 0 Å². The molecule has 0 aliphatic heterocycles. The predicted octanol–water partition coefficient (Wildman–Crippen LogP) is 4.16. The van der Waals surface area contributed by atoms with E-state index in [1.165, 1.54) is 24.1 Å². The van der Waals surface area contributed by atoms with Gasteiger partial charge < -0.3 is 10.2 Å². The highest BCUT2D eigenvalue weighted by atomic mass is 32.1. The largest absolute Gasteiger partial charge is 0.312 e. The van der Waals surface area contributed by atoms with E-state index >= 15 is 0 Å². The Bertz CT molecular complexity index is 321. The first-order valence-corrected chi connectivity index (χ1v) is 8.39. The Morgan fingerprint density at radius 3 is 2.47 bits per heavy atom. The number of hydrogen-bond donors (Lipinski definition) is 1. The molecule has 1 heterocycles. The standard InChI is InChI=1S/C16H30N2S/c1-6-13(3)11-14(7-2)17-12-15(18(4)5)16-9-8-10-19-16/h8-10,13-15,17H,6-7,11-12H2,1-5H3. The molecule has 3 unspecified atom stereocenters. The van der Waals surface area contributed by atoms with Crippen LogP contribution in [0.5, 0.6) is 0 Å². The monoisotopic (exact) mass is 282 g/mol. The van der Waals surface area contributed by atoms with E-state index in [9.17, 15) is 0 Å². The van der Waals surface area contributed by atoms with E-state index < -0.39 is 0 Å². The Morgan fingerprint density at radius 2 is 2.00 bits per heavy atom. The van der Waals surface area contributed by atoms with E-state index in [0.29, 0.717) is 12.1 Å². The molecule has 0 saturated carbocycles. The van der Waals surface area contributed by atoms with Gasteiger partial charge >= 0.3 is 0 Å². The van der Waals surface area contributed by atoms with Crippen molar-refractivity contribution < 1.29 is 0 Å². The molecular weight excluding hydrogens is 252 g/mol. The lowest BCUT2D eigenvalue weighted by Gasteiger charge is -2.27. The second kappa shape index (κ2) is 8.72. The predicted molar refractivity (Wildman–Crippen MR) is 86.9 cm³/mol. The summed E-state index contributed by atoms with van der Waals surface area (Å²) in [5.74, 6) is 0.817. The van der Waals surface area contributed by atoms with Crippen LogP contribution in [0, 0.1) is 5.92 Å². The van der Waals surface area contributed by atoms with Gasteiger partial charge in [-0.05, 0) is 44.3 Å². The van der Waals surface area contributed by atoms with Gasteiger partial charge in [-0.3, -0.25) is 0 Å². The number of thiophene rings is 1. The molecule has 0 radical (unpaired) electrons. The Labute approximate surface area is 123 Å². The molecule has 0 aliphatic carbocycles. The molecule has 0 bridgehead atoms. The van der Waals surface area contributed by atoms with Gasteiger partial charge in [0.2, 0.25) is 0 Å². The van der Waals surface area contributed by atoms with Gasteiger partial charge in [0, 0.05) is 17.5 Å². The number of nitrogens with one attached hydrogen (secondary N) is 1. The third-order valence-corrected chi connectivity index (χ3v) is 4.94.